The van der Waals surface area contributed by atoms with E-state index in [0.29, 0.717) is 36.3 Å². The van der Waals surface area contributed by atoms with Crippen molar-refractivity contribution in [3.63, 3.8) is 0 Å². The topological polar surface area (TPSA) is 102 Å². The molecule has 0 aromatic carbocycles. The third-order valence-electron chi connectivity index (χ3n) is 9.14. The molecule has 3 heterocycles. The van der Waals surface area contributed by atoms with Crippen molar-refractivity contribution in [2.24, 2.45) is 11.8 Å². The molecule has 200 valence electrons. The van der Waals surface area contributed by atoms with E-state index < -0.39 is 0 Å². The van der Waals surface area contributed by atoms with Gasteiger partial charge in [-0.1, -0.05) is 26.2 Å². The smallest absolute Gasteiger partial charge is 0.223 e. The normalized spacial score (nSPS) is 40.8. The number of carbonyl (C=O) groups is 1. The number of carbonyl (C=O) groups excluding carboxylic acids is 1. The largest absolute Gasteiger partial charge is 0.378 e. The van der Waals surface area contributed by atoms with Crippen molar-refractivity contribution in [3.8, 4) is 0 Å². The Balaban J connectivity index is 1.10. The molecular weight excluding hydrogens is 442 g/mol. The molecule has 5 aliphatic rings. The highest BCUT2D eigenvalue weighted by atomic mass is 16.5. The van der Waals surface area contributed by atoms with E-state index in [9.17, 15) is 4.79 Å². The number of ether oxygens (including phenoxy) is 1. The van der Waals surface area contributed by atoms with E-state index in [-0.39, 0.29) is 18.0 Å². The Hall–Kier alpha value is -0.810. The van der Waals surface area contributed by atoms with Gasteiger partial charge in [-0.25, -0.2) is 10.9 Å². The van der Waals surface area contributed by atoms with Crippen LogP contribution in [0.25, 0.3) is 0 Å². The second-order valence-corrected chi connectivity index (χ2v) is 11.5. The molecule has 8 atom stereocenters. The Labute approximate surface area is 211 Å². The van der Waals surface area contributed by atoms with Crippen molar-refractivity contribution in [2.45, 2.75) is 114 Å². The number of nitrogens with zero attached hydrogens (tertiary/aromatic N) is 1. The van der Waals surface area contributed by atoms with Gasteiger partial charge < -0.3 is 20.7 Å². The highest BCUT2D eigenvalue weighted by Gasteiger charge is 2.39. The van der Waals surface area contributed by atoms with E-state index in [1.54, 1.807) is 0 Å². The minimum Gasteiger partial charge on any atom is -0.378 e. The SMILES string of the molecule is CCCN1C(CNC2CCCC(C(=O)N[C@H]3CCOC4CCCCC43)C2)NNC1C1CCNCN1. The van der Waals surface area contributed by atoms with E-state index in [4.69, 9.17) is 4.74 Å². The fourth-order valence-corrected chi connectivity index (χ4v) is 7.24. The fourth-order valence-electron chi connectivity index (χ4n) is 7.24. The molecule has 0 aromatic heterocycles. The van der Waals surface area contributed by atoms with E-state index in [2.05, 4.69) is 43.9 Å². The van der Waals surface area contributed by atoms with Gasteiger partial charge in [-0.3, -0.25) is 15.0 Å². The van der Waals surface area contributed by atoms with E-state index >= 15 is 0 Å². The zero-order valence-electron chi connectivity index (χ0n) is 21.7. The number of rotatable bonds is 8. The summed E-state index contributed by atoms with van der Waals surface area (Å²) < 4.78 is 6.03. The van der Waals surface area contributed by atoms with Gasteiger partial charge in [-0.15, -0.1) is 0 Å². The fraction of sp³-hybridized carbons (Fsp3) is 0.962. The van der Waals surface area contributed by atoms with Crippen molar-refractivity contribution in [3.05, 3.63) is 0 Å². The maximum Gasteiger partial charge on any atom is 0.223 e. The van der Waals surface area contributed by atoms with Crippen LogP contribution in [0.3, 0.4) is 0 Å². The molecule has 3 saturated heterocycles. The lowest BCUT2D eigenvalue weighted by molar-refractivity contribution is -0.130. The van der Waals surface area contributed by atoms with Gasteiger partial charge in [0.2, 0.25) is 5.91 Å². The van der Waals surface area contributed by atoms with E-state index in [0.717, 1.165) is 71.4 Å². The van der Waals surface area contributed by atoms with Crippen LogP contribution in [0.1, 0.15) is 77.6 Å². The zero-order valence-corrected chi connectivity index (χ0v) is 21.7. The molecule has 1 amide bonds. The molecule has 7 unspecified atom stereocenters. The van der Waals surface area contributed by atoms with Crippen LogP contribution in [0.15, 0.2) is 0 Å². The van der Waals surface area contributed by atoms with E-state index in [1.807, 2.05) is 0 Å². The summed E-state index contributed by atoms with van der Waals surface area (Å²) in [6.45, 7) is 6.98. The van der Waals surface area contributed by atoms with Gasteiger partial charge in [0, 0.05) is 56.3 Å². The average Bonchev–Trinajstić information content (AvgIpc) is 3.31. The highest BCUT2D eigenvalue weighted by Crippen LogP contribution is 2.34. The molecule has 5 rings (SSSR count). The van der Waals surface area contributed by atoms with Crippen LogP contribution in [-0.4, -0.2) is 80.3 Å². The van der Waals surface area contributed by atoms with Crippen molar-refractivity contribution in [2.75, 3.05) is 32.9 Å². The molecule has 9 nitrogen and oxygen atoms in total. The predicted molar refractivity (Wildman–Crippen MR) is 137 cm³/mol. The van der Waals surface area contributed by atoms with Crippen molar-refractivity contribution >= 4 is 5.91 Å². The van der Waals surface area contributed by atoms with E-state index in [1.165, 1.54) is 32.1 Å². The molecule has 9 heteroatoms. The van der Waals surface area contributed by atoms with Crippen LogP contribution < -0.4 is 32.1 Å². The van der Waals surface area contributed by atoms with Crippen molar-refractivity contribution in [1.29, 1.82) is 0 Å². The average molecular weight is 492 g/mol. The van der Waals surface area contributed by atoms with Gasteiger partial charge in [-0.2, -0.15) is 0 Å². The number of hydrazine groups is 1. The lowest BCUT2D eigenvalue weighted by Gasteiger charge is -2.42. The summed E-state index contributed by atoms with van der Waals surface area (Å²) in [6.07, 6.45) is 13.4. The van der Waals surface area contributed by atoms with Crippen LogP contribution in [0.5, 0.6) is 0 Å². The Kier molecular flexibility index (Phi) is 9.32. The second-order valence-electron chi connectivity index (χ2n) is 11.5. The monoisotopic (exact) mass is 491 g/mol. The quantitative estimate of drug-likeness (QED) is 0.299. The minimum atomic E-state index is 0.138. The molecule has 35 heavy (non-hydrogen) atoms. The van der Waals surface area contributed by atoms with Crippen LogP contribution in [0.4, 0.5) is 0 Å². The first-order valence-electron chi connectivity index (χ1n) is 14.6. The Bertz CT molecular complexity index is 674. The first-order valence-corrected chi connectivity index (χ1v) is 14.6. The molecule has 6 N–H and O–H groups in total. The standard InChI is InChI=1S/C26H49N7O2/c1-2-13-33-24(31-32-25(33)22-10-12-27-17-29-22)16-28-19-7-5-6-18(15-19)26(34)30-21-11-14-35-23-9-4-3-8-20(21)23/h18-25,27-29,31-32H,2-17H2,1H3,(H,30,34)/t18?,19?,20?,21-,22?,23?,24?,25?/m0/s1. The number of hydrogen-bond donors (Lipinski definition) is 6. The summed E-state index contributed by atoms with van der Waals surface area (Å²) in [5.41, 5.74) is 7.12. The third kappa shape index (κ3) is 6.37. The zero-order chi connectivity index (χ0) is 24.0. The molecule has 0 spiro atoms. The summed E-state index contributed by atoms with van der Waals surface area (Å²) >= 11 is 0. The summed E-state index contributed by atoms with van der Waals surface area (Å²) in [6, 6.07) is 1.18. The second kappa shape index (κ2) is 12.6. The lowest BCUT2D eigenvalue weighted by atomic mass is 9.78. The van der Waals surface area contributed by atoms with Gasteiger partial charge in [0.1, 0.15) is 0 Å². The van der Waals surface area contributed by atoms with Gasteiger partial charge >= 0.3 is 0 Å². The molecule has 0 radical (unpaired) electrons. The number of hydrogen-bond acceptors (Lipinski definition) is 8. The number of amides is 1. The minimum absolute atomic E-state index is 0.138. The summed E-state index contributed by atoms with van der Waals surface area (Å²) in [5.74, 6) is 0.948. The Morgan fingerprint density at radius 2 is 1.97 bits per heavy atom. The van der Waals surface area contributed by atoms with Crippen LogP contribution in [-0.2, 0) is 9.53 Å². The third-order valence-corrected chi connectivity index (χ3v) is 9.14. The molecule has 0 aromatic rings. The first-order chi connectivity index (χ1) is 17.2. The summed E-state index contributed by atoms with van der Waals surface area (Å²) in [7, 11) is 0. The van der Waals surface area contributed by atoms with Gasteiger partial charge in [-0.05, 0) is 57.9 Å². The molecular formula is C26H49N7O2. The van der Waals surface area contributed by atoms with Crippen LogP contribution >= 0.6 is 0 Å². The molecule has 5 fully saturated rings. The maximum absolute atomic E-state index is 13.3. The summed E-state index contributed by atoms with van der Waals surface area (Å²) in [4.78, 5) is 15.9. The van der Waals surface area contributed by atoms with Gasteiger partial charge in [0.05, 0.1) is 18.4 Å². The highest BCUT2D eigenvalue weighted by molar-refractivity contribution is 5.79. The molecule has 3 aliphatic heterocycles. The number of nitrogens with one attached hydrogen (secondary N) is 6. The summed E-state index contributed by atoms with van der Waals surface area (Å²) in [5, 5.41) is 14.3. The Morgan fingerprint density at radius 3 is 2.83 bits per heavy atom. The van der Waals surface area contributed by atoms with Crippen molar-refractivity contribution in [1.82, 2.24) is 37.0 Å². The molecule has 2 saturated carbocycles. The predicted octanol–water partition coefficient (Wildman–Crippen LogP) is 0.980. The maximum atomic E-state index is 13.3. The van der Waals surface area contributed by atoms with Gasteiger partial charge in [0.15, 0.2) is 0 Å². The number of fused-ring (bicyclic) bond motifs is 1. The molecule has 2 aliphatic carbocycles. The Morgan fingerprint density at radius 1 is 1.06 bits per heavy atom. The molecule has 0 bridgehead atoms. The van der Waals surface area contributed by atoms with Gasteiger partial charge in [0.25, 0.3) is 0 Å². The van der Waals surface area contributed by atoms with Crippen LogP contribution in [0.2, 0.25) is 0 Å². The lowest BCUT2D eigenvalue weighted by Crippen LogP contribution is -2.59. The first kappa shape index (κ1) is 25.8. The van der Waals surface area contributed by atoms with Crippen LogP contribution in [0, 0.1) is 11.8 Å². The van der Waals surface area contributed by atoms with Crippen molar-refractivity contribution < 1.29 is 9.53 Å².